The van der Waals surface area contributed by atoms with Gasteiger partial charge in [0.15, 0.2) is 5.96 Å². The highest BCUT2D eigenvalue weighted by molar-refractivity contribution is 5.81. The van der Waals surface area contributed by atoms with Crippen LogP contribution >= 0.6 is 0 Å². The third kappa shape index (κ3) is 1.65. The molecule has 22 heavy (non-hydrogen) atoms. The van der Waals surface area contributed by atoms with Crippen LogP contribution in [0.2, 0.25) is 0 Å². The zero-order valence-corrected chi connectivity index (χ0v) is 13.8. The maximum atomic E-state index is 6.05. The smallest absolute Gasteiger partial charge is 0.193 e. The molecule has 0 aromatic heterocycles. The van der Waals surface area contributed by atoms with Crippen molar-refractivity contribution in [1.82, 2.24) is 10.2 Å². The lowest BCUT2D eigenvalue weighted by Crippen LogP contribution is -2.72. The molecule has 0 bridgehead atoms. The van der Waals surface area contributed by atoms with Crippen LogP contribution in [-0.2, 0) is 4.74 Å². The summed E-state index contributed by atoms with van der Waals surface area (Å²) in [6.45, 7) is 3.40. The monoisotopic (exact) mass is 303 g/mol. The number of nitrogens with one attached hydrogen (secondary N) is 1. The number of guanidine groups is 1. The largest absolute Gasteiger partial charge is 0.377 e. The van der Waals surface area contributed by atoms with E-state index in [-0.39, 0.29) is 0 Å². The fourth-order valence-corrected chi connectivity index (χ4v) is 6.09. The molecule has 3 saturated carbocycles. The zero-order chi connectivity index (χ0) is 14.8. The number of nitrogens with zero attached hydrogens (tertiary/aromatic N) is 2. The summed E-state index contributed by atoms with van der Waals surface area (Å²) >= 11 is 0. The van der Waals surface area contributed by atoms with Gasteiger partial charge in [0, 0.05) is 44.1 Å². The second kappa shape index (κ2) is 4.62. The van der Waals surface area contributed by atoms with Crippen molar-refractivity contribution in [3.05, 3.63) is 0 Å². The predicted molar refractivity (Wildman–Crippen MR) is 86.9 cm³/mol. The number of aliphatic imine (C=N–C) groups is 1. The van der Waals surface area contributed by atoms with E-state index in [1.54, 1.807) is 0 Å². The van der Waals surface area contributed by atoms with E-state index in [1.807, 2.05) is 7.05 Å². The van der Waals surface area contributed by atoms with Crippen molar-refractivity contribution in [1.29, 1.82) is 0 Å². The number of likely N-dealkylation sites (tertiary alicyclic amines) is 1. The van der Waals surface area contributed by atoms with Crippen LogP contribution in [0.15, 0.2) is 4.99 Å². The van der Waals surface area contributed by atoms with E-state index in [9.17, 15) is 0 Å². The molecule has 2 spiro atoms. The highest BCUT2D eigenvalue weighted by Gasteiger charge is 2.67. The first kappa shape index (κ1) is 13.6. The Hall–Kier alpha value is -0.770. The second-order valence-electron chi connectivity index (χ2n) is 8.52. The molecule has 122 valence electrons. The van der Waals surface area contributed by atoms with Gasteiger partial charge in [-0.1, -0.05) is 12.8 Å². The lowest BCUT2D eigenvalue weighted by molar-refractivity contribution is -0.171. The molecule has 3 aliphatic carbocycles. The summed E-state index contributed by atoms with van der Waals surface area (Å²) in [5, 5.41) is 3.89. The molecule has 0 aromatic carbocycles. The van der Waals surface area contributed by atoms with Gasteiger partial charge in [-0.25, -0.2) is 0 Å². The van der Waals surface area contributed by atoms with Crippen LogP contribution in [0.25, 0.3) is 0 Å². The number of fused-ring (bicyclic) bond motifs is 2. The maximum Gasteiger partial charge on any atom is 0.193 e. The van der Waals surface area contributed by atoms with E-state index < -0.39 is 0 Å². The Balaban J connectivity index is 1.30. The lowest BCUT2D eigenvalue weighted by Gasteiger charge is -2.63. The lowest BCUT2D eigenvalue weighted by atomic mass is 9.46. The summed E-state index contributed by atoms with van der Waals surface area (Å²) in [4.78, 5) is 7.18. The van der Waals surface area contributed by atoms with Crippen molar-refractivity contribution in [2.24, 2.45) is 21.7 Å². The quantitative estimate of drug-likeness (QED) is 0.597. The Labute approximate surface area is 133 Å². The first-order valence-electron chi connectivity index (χ1n) is 9.36. The SMILES string of the molecule is CN=C(NC1C2CCOC2C12CCC2)N1CCC2(CCC2)C1. The molecule has 3 unspecified atom stereocenters. The molecule has 5 fully saturated rings. The van der Waals surface area contributed by atoms with E-state index >= 15 is 0 Å². The minimum atomic E-state index is 0.449. The molecule has 4 heteroatoms. The van der Waals surface area contributed by atoms with Gasteiger partial charge in [0.25, 0.3) is 0 Å². The van der Waals surface area contributed by atoms with E-state index in [2.05, 4.69) is 15.2 Å². The first-order chi connectivity index (χ1) is 10.8. The highest BCUT2D eigenvalue weighted by atomic mass is 16.5. The number of hydrogen-bond donors (Lipinski definition) is 1. The molecular formula is C18H29N3O. The molecule has 3 atom stereocenters. The van der Waals surface area contributed by atoms with Crippen LogP contribution in [0.1, 0.15) is 51.4 Å². The van der Waals surface area contributed by atoms with Crippen molar-refractivity contribution >= 4 is 5.96 Å². The Morgan fingerprint density at radius 1 is 1.18 bits per heavy atom. The highest BCUT2D eigenvalue weighted by Crippen LogP contribution is 2.62. The first-order valence-corrected chi connectivity index (χ1v) is 9.36. The van der Waals surface area contributed by atoms with E-state index in [4.69, 9.17) is 4.74 Å². The summed E-state index contributed by atoms with van der Waals surface area (Å²) < 4.78 is 6.05. The molecule has 4 nitrogen and oxygen atoms in total. The molecule has 1 N–H and O–H groups in total. The Bertz CT molecular complexity index is 495. The van der Waals surface area contributed by atoms with Crippen molar-refractivity contribution in [2.75, 3.05) is 26.7 Å². The number of rotatable bonds is 1. The van der Waals surface area contributed by atoms with Gasteiger partial charge < -0.3 is 15.0 Å². The van der Waals surface area contributed by atoms with Gasteiger partial charge in [0.05, 0.1) is 6.10 Å². The molecule has 0 aromatic rings. The van der Waals surface area contributed by atoms with Gasteiger partial charge in [-0.2, -0.15) is 0 Å². The minimum Gasteiger partial charge on any atom is -0.377 e. The number of ether oxygens (including phenoxy) is 1. The van der Waals surface area contributed by atoms with Crippen LogP contribution < -0.4 is 5.32 Å². The molecule has 5 aliphatic rings. The summed E-state index contributed by atoms with van der Waals surface area (Å²) in [6.07, 6.45) is 11.6. The van der Waals surface area contributed by atoms with E-state index in [0.717, 1.165) is 12.5 Å². The van der Waals surface area contributed by atoms with Crippen LogP contribution in [-0.4, -0.2) is 49.7 Å². The second-order valence-corrected chi connectivity index (χ2v) is 8.52. The van der Waals surface area contributed by atoms with Crippen molar-refractivity contribution in [3.8, 4) is 0 Å². The Morgan fingerprint density at radius 3 is 2.59 bits per heavy atom. The van der Waals surface area contributed by atoms with Gasteiger partial charge in [-0.3, -0.25) is 4.99 Å². The summed E-state index contributed by atoms with van der Waals surface area (Å²) in [5.41, 5.74) is 1.09. The zero-order valence-electron chi connectivity index (χ0n) is 13.8. The van der Waals surface area contributed by atoms with Crippen LogP contribution in [0, 0.1) is 16.7 Å². The van der Waals surface area contributed by atoms with Gasteiger partial charge in [-0.05, 0) is 43.9 Å². The molecule has 0 amide bonds. The van der Waals surface area contributed by atoms with Crippen LogP contribution in [0.5, 0.6) is 0 Å². The predicted octanol–water partition coefficient (Wildman–Crippen LogP) is 2.40. The maximum absolute atomic E-state index is 6.05. The van der Waals surface area contributed by atoms with Crippen LogP contribution in [0.3, 0.4) is 0 Å². The van der Waals surface area contributed by atoms with E-state index in [1.165, 1.54) is 70.4 Å². The molecule has 2 heterocycles. The minimum absolute atomic E-state index is 0.449. The van der Waals surface area contributed by atoms with E-state index in [0.29, 0.717) is 23.0 Å². The Morgan fingerprint density at radius 2 is 2.00 bits per heavy atom. The topological polar surface area (TPSA) is 36.9 Å². The molecule has 2 aliphatic heterocycles. The average molecular weight is 303 g/mol. The number of hydrogen-bond acceptors (Lipinski definition) is 2. The summed E-state index contributed by atoms with van der Waals surface area (Å²) in [5.74, 6) is 1.91. The third-order valence-electron chi connectivity index (χ3n) is 7.68. The van der Waals surface area contributed by atoms with Crippen molar-refractivity contribution < 1.29 is 4.74 Å². The van der Waals surface area contributed by atoms with Crippen LogP contribution in [0.4, 0.5) is 0 Å². The summed E-state index contributed by atoms with van der Waals surface area (Å²) in [7, 11) is 1.96. The van der Waals surface area contributed by atoms with Crippen molar-refractivity contribution in [2.45, 2.75) is 63.5 Å². The average Bonchev–Trinajstić information content (AvgIpc) is 3.03. The Kier molecular flexibility index (Phi) is 2.87. The fraction of sp³-hybridized carbons (Fsp3) is 0.944. The normalized spacial score (nSPS) is 41.0. The van der Waals surface area contributed by atoms with Gasteiger partial charge in [0.2, 0.25) is 0 Å². The van der Waals surface area contributed by atoms with Gasteiger partial charge in [0.1, 0.15) is 0 Å². The molecule has 0 radical (unpaired) electrons. The van der Waals surface area contributed by atoms with Gasteiger partial charge in [-0.15, -0.1) is 0 Å². The van der Waals surface area contributed by atoms with Gasteiger partial charge >= 0.3 is 0 Å². The fourth-order valence-electron chi connectivity index (χ4n) is 6.09. The summed E-state index contributed by atoms with van der Waals surface area (Å²) in [6, 6.07) is 0.616. The van der Waals surface area contributed by atoms with Crippen molar-refractivity contribution in [3.63, 3.8) is 0 Å². The standard InChI is InChI=1S/C18H29N3O/c1-19-16(21-10-9-17(12-21)5-2-6-17)20-14-13-4-11-22-15(13)18(14)7-3-8-18/h13-15H,2-12H2,1H3,(H,19,20). The third-order valence-corrected chi connectivity index (χ3v) is 7.68. The molecule has 2 saturated heterocycles. The molecule has 5 rings (SSSR count). The molecular weight excluding hydrogens is 274 g/mol.